The van der Waals surface area contributed by atoms with E-state index < -0.39 is 0 Å². The number of nitrogens with zero attached hydrogens (tertiary/aromatic N) is 1. The van der Waals surface area contributed by atoms with Crippen molar-refractivity contribution in [2.45, 2.75) is 58.4 Å². The normalized spacial score (nSPS) is 24.9. The first-order valence-corrected chi connectivity index (χ1v) is 10.1. The molecule has 0 radical (unpaired) electrons. The fourth-order valence-electron chi connectivity index (χ4n) is 5.10. The average molecular weight is 354 g/mol. The van der Waals surface area contributed by atoms with Crippen molar-refractivity contribution in [3.63, 3.8) is 0 Å². The number of carbonyl (C=O) groups excluding carboxylic acids is 1. The predicted molar refractivity (Wildman–Crippen MR) is 104 cm³/mol. The first kappa shape index (κ1) is 17.6. The van der Waals surface area contributed by atoms with Crippen LogP contribution in [0.2, 0.25) is 0 Å². The van der Waals surface area contributed by atoms with Crippen molar-refractivity contribution in [2.75, 3.05) is 13.2 Å². The highest BCUT2D eigenvalue weighted by Crippen LogP contribution is 2.49. The quantitative estimate of drug-likeness (QED) is 0.823. The molecule has 4 nitrogen and oxygen atoms in total. The predicted octanol–water partition coefficient (Wildman–Crippen LogP) is 4.03. The maximum Gasteiger partial charge on any atom is 0.253 e. The van der Waals surface area contributed by atoms with E-state index in [1.54, 1.807) is 0 Å². The molecule has 1 aromatic heterocycles. The Morgan fingerprint density at radius 3 is 2.69 bits per heavy atom. The summed E-state index contributed by atoms with van der Waals surface area (Å²) in [6, 6.07) is 6.17. The number of hydrogen-bond donors (Lipinski definition) is 2. The Balaban J connectivity index is 1.56. The highest BCUT2D eigenvalue weighted by molar-refractivity contribution is 6.08. The van der Waals surface area contributed by atoms with E-state index in [1.165, 1.54) is 38.5 Å². The molecule has 2 bridgehead atoms. The molecule has 3 aliphatic carbocycles. The fraction of sp³-hybridized carbons (Fsp3) is 0.591. The zero-order chi connectivity index (χ0) is 18.1. The van der Waals surface area contributed by atoms with E-state index in [1.807, 2.05) is 12.3 Å². The Kier molecular flexibility index (Phi) is 4.78. The van der Waals surface area contributed by atoms with Crippen molar-refractivity contribution in [1.82, 2.24) is 9.88 Å². The van der Waals surface area contributed by atoms with E-state index in [-0.39, 0.29) is 12.5 Å². The van der Waals surface area contributed by atoms with Gasteiger partial charge in [0.05, 0.1) is 5.56 Å². The number of amides is 1. The van der Waals surface area contributed by atoms with Gasteiger partial charge in [0.2, 0.25) is 0 Å². The van der Waals surface area contributed by atoms with Gasteiger partial charge in [0.25, 0.3) is 5.91 Å². The molecule has 140 valence electrons. The standard InChI is InChI=1S/C22H30N2O2/c1-16-4-2-5-19-20(16)18(14-24(19)12-3-13-25)21(26)23-15-22-9-6-17(7-10-22)8-11-22/h2,4-5,14,17,25H,3,6-13,15H2,1H3,(H,23,26). The van der Waals surface area contributed by atoms with E-state index in [9.17, 15) is 4.79 Å². The number of aliphatic hydroxyl groups is 1. The zero-order valence-electron chi connectivity index (χ0n) is 15.8. The summed E-state index contributed by atoms with van der Waals surface area (Å²) in [5, 5.41) is 13.5. The molecule has 1 heterocycles. The molecule has 0 unspecified atom stereocenters. The summed E-state index contributed by atoms with van der Waals surface area (Å²) in [5.41, 5.74) is 3.33. The minimum atomic E-state index is 0.0501. The highest BCUT2D eigenvalue weighted by Gasteiger charge is 2.40. The fourth-order valence-corrected chi connectivity index (χ4v) is 5.10. The molecule has 0 saturated heterocycles. The molecule has 2 N–H and O–H groups in total. The van der Waals surface area contributed by atoms with Crippen molar-refractivity contribution >= 4 is 16.8 Å². The van der Waals surface area contributed by atoms with Crippen molar-refractivity contribution in [3.05, 3.63) is 35.5 Å². The lowest BCUT2D eigenvalue weighted by atomic mass is 9.61. The van der Waals surface area contributed by atoms with Crippen LogP contribution in [0, 0.1) is 18.3 Å². The molecule has 5 rings (SSSR count). The van der Waals surface area contributed by atoms with Crippen molar-refractivity contribution in [1.29, 1.82) is 0 Å². The number of aromatic nitrogens is 1. The number of rotatable bonds is 6. The number of aryl methyl sites for hydroxylation is 2. The van der Waals surface area contributed by atoms with Crippen molar-refractivity contribution < 1.29 is 9.90 Å². The summed E-state index contributed by atoms with van der Waals surface area (Å²) in [7, 11) is 0. The van der Waals surface area contributed by atoms with Crippen LogP contribution in [0.4, 0.5) is 0 Å². The van der Waals surface area contributed by atoms with Gasteiger partial charge in [-0.2, -0.15) is 0 Å². The van der Waals surface area contributed by atoms with Crippen LogP contribution in [0.15, 0.2) is 24.4 Å². The van der Waals surface area contributed by atoms with Crippen LogP contribution in [-0.4, -0.2) is 28.7 Å². The number of hydrogen-bond acceptors (Lipinski definition) is 2. The van der Waals surface area contributed by atoms with E-state index >= 15 is 0 Å². The summed E-state index contributed by atoms with van der Waals surface area (Å²) < 4.78 is 2.11. The van der Waals surface area contributed by atoms with Gasteiger partial charge in [0.1, 0.15) is 0 Å². The lowest BCUT2D eigenvalue weighted by molar-refractivity contribution is 0.0598. The van der Waals surface area contributed by atoms with Crippen LogP contribution >= 0.6 is 0 Å². The molecule has 0 spiro atoms. The van der Waals surface area contributed by atoms with Crippen LogP contribution < -0.4 is 5.32 Å². The summed E-state index contributed by atoms with van der Waals surface area (Å²) in [6.07, 6.45) is 10.5. The maximum absolute atomic E-state index is 13.0. The van der Waals surface area contributed by atoms with Gasteiger partial charge >= 0.3 is 0 Å². The van der Waals surface area contributed by atoms with Gasteiger partial charge in [-0.15, -0.1) is 0 Å². The SMILES string of the molecule is Cc1cccc2c1c(C(=O)NCC13CCC(CC1)CC3)cn2CCCO. The number of benzene rings is 1. The number of nitrogens with one attached hydrogen (secondary N) is 1. The molecule has 0 aliphatic heterocycles. The van der Waals surface area contributed by atoms with Crippen LogP contribution in [-0.2, 0) is 6.54 Å². The lowest BCUT2D eigenvalue weighted by Gasteiger charge is -2.46. The van der Waals surface area contributed by atoms with Gasteiger partial charge in [-0.25, -0.2) is 0 Å². The molecule has 3 aliphatic rings. The molecule has 3 saturated carbocycles. The Morgan fingerprint density at radius 2 is 2.00 bits per heavy atom. The smallest absolute Gasteiger partial charge is 0.253 e. The van der Waals surface area contributed by atoms with E-state index in [4.69, 9.17) is 5.11 Å². The third-order valence-electron chi connectivity index (χ3n) is 6.79. The topological polar surface area (TPSA) is 54.3 Å². The monoisotopic (exact) mass is 354 g/mol. The van der Waals surface area contributed by atoms with Gasteiger partial charge in [0, 0.05) is 36.8 Å². The molecule has 1 amide bonds. The Morgan fingerprint density at radius 1 is 1.27 bits per heavy atom. The molecule has 4 heteroatoms. The lowest BCUT2D eigenvalue weighted by Crippen LogP contribution is -2.43. The third-order valence-corrected chi connectivity index (χ3v) is 6.79. The van der Waals surface area contributed by atoms with Gasteiger partial charge in [-0.1, -0.05) is 12.1 Å². The van der Waals surface area contributed by atoms with Gasteiger partial charge in [0.15, 0.2) is 0 Å². The van der Waals surface area contributed by atoms with E-state index in [0.717, 1.165) is 41.0 Å². The summed E-state index contributed by atoms with van der Waals surface area (Å²) in [5.74, 6) is 0.994. The van der Waals surface area contributed by atoms with Crippen molar-refractivity contribution in [2.24, 2.45) is 11.3 Å². The second-order valence-corrected chi connectivity index (χ2v) is 8.45. The number of fused-ring (bicyclic) bond motifs is 4. The molecule has 26 heavy (non-hydrogen) atoms. The van der Waals surface area contributed by atoms with Gasteiger partial charge in [-0.05, 0) is 74.8 Å². The first-order chi connectivity index (χ1) is 12.6. The number of aliphatic hydroxyl groups excluding tert-OH is 1. The average Bonchev–Trinajstić information content (AvgIpc) is 3.06. The van der Waals surface area contributed by atoms with E-state index in [2.05, 4.69) is 28.9 Å². The summed E-state index contributed by atoms with van der Waals surface area (Å²) in [6.45, 7) is 3.77. The molecular formula is C22H30N2O2. The van der Waals surface area contributed by atoms with Gasteiger partial charge in [-0.3, -0.25) is 4.79 Å². The van der Waals surface area contributed by atoms with Crippen LogP contribution in [0.3, 0.4) is 0 Å². The maximum atomic E-state index is 13.0. The number of carbonyl (C=O) groups is 1. The molecule has 3 fully saturated rings. The van der Waals surface area contributed by atoms with Gasteiger partial charge < -0.3 is 15.0 Å². The Hall–Kier alpha value is -1.81. The molecule has 2 aromatic rings. The molecular weight excluding hydrogens is 324 g/mol. The Bertz CT molecular complexity index is 786. The van der Waals surface area contributed by atoms with Crippen LogP contribution in [0.25, 0.3) is 10.9 Å². The summed E-state index contributed by atoms with van der Waals surface area (Å²) >= 11 is 0. The zero-order valence-corrected chi connectivity index (χ0v) is 15.8. The third kappa shape index (κ3) is 3.16. The van der Waals surface area contributed by atoms with E-state index in [0.29, 0.717) is 11.8 Å². The minimum Gasteiger partial charge on any atom is -0.396 e. The Labute approximate surface area is 155 Å². The molecule has 1 aromatic carbocycles. The second-order valence-electron chi connectivity index (χ2n) is 8.45. The largest absolute Gasteiger partial charge is 0.396 e. The van der Waals surface area contributed by atoms with Crippen molar-refractivity contribution in [3.8, 4) is 0 Å². The second kappa shape index (κ2) is 7.07. The first-order valence-electron chi connectivity index (χ1n) is 10.1. The van der Waals surface area contributed by atoms with Crippen LogP contribution in [0.1, 0.15) is 60.9 Å². The minimum absolute atomic E-state index is 0.0501. The highest BCUT2D eigenvalue weighted by atomic mass is 16.3. The summed E-state index contributed by atoms with van der Waals surface area (Å²) in [4.78, 5) is 13.0. The van der Waals surface area contributed by atoms with Crippen LogP contribution in [0.5, 0.6) is 0 Å². The molecule has 0 atom stereocenters.